The SMILES string of the molecule is CC(C)c1cccc(C(C)C)c1-n1ccnc1-c1cccc(-c2cccc(-c3ccc4ccccc4c3O)n2)c1. The Bertz CT molecular complexity index is 1800. The highest BCUT2D eigenvalue weighted by Gasteiger charge is 2.19. The van der Waals surface area contributed by atoms with E-state index in [0.29, 0.717) is 11.8 Å². The van der Waals surface area contributed by atoms with Gasteiger partial charge in [0.05, 0.1) is 17.1 Å². The van der Waals surface area contributed by atoms with Crippen LogP contribution in [-0.4, -0.2) is 19.6 Å². The molecule has 2 heterocycles. The van der Waals surface area contributed by atoms with Crippen molar-refractivity contribution in [2.75, 3.05) is 0 Å². The summed E-state index contributed by atoms with van der Waals surface area (Å²) >= 11 is 0. The molecule has 2 aromatic heterocycles. The fourth-order valence-electron chi connectivity index (χ4n) is 5.51. The van der Waals surface area contributed by atoms with Crippen LogP contribution >= 0.6 is 0 Å². The molecule has 4 aromatic carbocycles. The molecule has 0 aliphatic carbocycles. The lowest BCUT2D eigenvalue weighted by Crippen LogP contribution is -2.07. The molecule has 0 aliphatic heterocycles. The first kappa shape index (κ1) is 25.6. The monoisotopic (exact) mass is 523 g/mol. The number of nitrogens with zero attached hydrogens (tertiary/aromatic N) is 3. The third kappa shape index (κ3) is 4.56. The molecule has 4 nitrogen and oxygen atoms in total. The van der Waals surface area contributed by atoms with Crippen molar-refractivity contribution in [2.45, 2.75) is 39.5 Å². The van der Waals surface area contributed by atoms with E-state index in [0.717, 1.165) is 44.7 Å². The van der Waals surface area contributed by atoms with E-state index in [1.54, 1.807) is 0 Å². The van der Waals surface area contributed by atoms with Gasteiger partial charge >= 0.3 is 0 Å². The Morgan fingerprint density at radius 1 is 0.675 bits per heavy atom. The predicted molar refractivity (Wildman–Crippen MR) is 165 cm³/mol. The number of hydrogen-bond donors (Lipinski definition) is 1. The Kier molecular flexibility index (Phi) is 6.69. The number of phenolic OH excluding ortho intramolecular Hbond substituents is 1. The van der Waals surface area contributed by atoms with E-state index in [-0.39, 0.29) is 5.75 Å². The molecule has 198 valence electrons. The Morgan fingerprint density at radius 2 is 1.35 bits per heavy atom. The normalized spacial score (nSPS) is 11.6. The number of phenols is 1. The second-order valence-electron chi connectivity index (χ2n) is 10.9. The minimum atomic E-state index is 0.253. The molecule has 6 aromatic rings. The minimum absolute atomic E-state index is 0.253. The zero-order valence-electron chi connectivity index (χ0n) is 23.3. The molecular weight excluding hydrogens is 490 g/mol. The summed E-state index contributed by atoms with van der Waals surface area (Å²) in [4.78, 5) is 9.79. The molecule has 0 fully saturated rings. The number of hydrogen-bond acceptors (Lipinski definition) is 3. The average molecular weight is 524 g/mol. The fraction of sp³-hybridized carbons (Fsp3) is 0.167. The lowest BCUT2D eigenvalue weighted by Gasteiger charge is -2.22. The number of benzene rings is 4. The summed E-state index contributed by atoms with van der Waals surface area (Å²) < 4.78 is 2.24. The molecule has 40 heavy (non-hydrogen) atoms. The van der Waals surface area contributed by atoms with Crippen LogP contribution in [0.4, 0.5) is 0 Å². The fourth-order valence-corrected chi connectivity index (χ4v) is 5.51. The largest absolute Gasteiger partial charge is 0.507 e. The molecule has 0 amide bonds. The van der Waals surface area contributed by atoms with Gasteiger partial charge in [0, 0.05) is 34.5 Å². The van der Waals surface area contributed by atoms with Crippen LogP contribution < -0.4 is 0 Å². The number of aromatic hydroxyl groups is 1. The van der Waals surface area contributed by atoms with E-state index >= 15 is 0 Å². The van der Waals surface area contributed by atoms with Gasteiger partial charge in [-0.1, -0.05) is 100 Å². The molecular formula is C36H33N3O. The quantitative estimate of drug-likeness (QED) is 0.237. The van der Waals surface area contributed by atoms with Crippen LogP contribution in [0.3, 0.4) is 0 Å². The molecule has 1 N–H and O–H groups in total. The number of aromatic nitrogens is 3. The van der Waals surface area contributed by atoms with Crippen LogP contribution in [0.15, 0.2) is 109 Å². The average Bonchev–Trinajstić information content (AvgIpc) is 3.47. The van der Waals surface area contributed by atoms with Crippen molar-refractivity contribution in [2.24, 2.45) is 0 Å². The number of pyridine rings is 1. The zero-order chi connectivity index (χ0) is 27.8. The van der Waals surface area contributed by atoms with Gasteiger partial charge in [-0.2, -0.15) is 0 Å². The maximum atomic E-state index is 11.0. The second-order valence-corrected chi connectivity index (χ2v) is 10.9. The lowest BCUT2D eigenvalue weighted by molar-refractivity contribution is 0.483. The smallest absolute Gasteiger partial charge is 0.144 e. The summed E-state index contributed by atoms with van der Waals surface area (Å²) in [5, 5.41) is 12.9. The van der Waals surface area contributed by atoms with Gasteiger partial charge in [0.1, 0.15) is 11.6 Å². The van der Waals surface area contributed by atoms with Gasteiger partial charge in [0.25, 0.3) is 0 Å². The Hall–Kier alpha value is -4.70. The highest BCUT2D eigenvalue weighted by Crippen LogP contribution is 2.37. The van der Waals surface area contributed by atoms with Gasteiger partial charge < -0.3 is 5.11 Å². The van der Waals surface area contributed by atoms with Gasteiger partial charge in [-0.05, 0) is 52.6 Å². The summed E-state index contributed by atoms with van der Waals surface area (Å²) in [6, 6.07) is 32.8. The summed E-state index contributed by atoms with van der Waals surface area (Å²) in [6.45, 7) is 8.97. The first-order valence-corrected chi connectivity index (χ1v) is 13.9. The van der Waals surface area contributed by atoms with Crippen molar-refractivity contribution < 1.29 is 5.11 Å². The summed E-state index contributed by atoms with van der Waals surface area (Å²) in [5.74, 6) is 1.92. The van der Waals surface area contributed by atoms with Crippen LogP contribution in [-0.2, 0) is 0 Å². The molecule has 0 radical (unpaired) electrons. The van der Waals surface area contributed by atoms with E-state index in [1.807, 2.05) is 60.8 Å². The van der Waals surface area contributed by atoms with E-state index in [9.17, 15) is 5.11 Å². The highest BCUT2D eigenvalue weighted by molar-refractivity contribution is 5.94. The molecule has 6 rings (SSSR count). The molecule has 4 heteroatoms. The third-order valence-electron chi connectivity index (χ3n) is 7.57. The lowest BCUT2D eigenvalue weighted by atomic mass is 9.92. The van der Waals surface area contributed by atoms with Crippen molar-refractivity contribution in [3.8, 4) is 45.3 Å². The Morgan fingerprint density at radius 3 is 2.12 bits per heavy atom. The molecule has 0 atom stereocenters. The van der Waals surface area contributed by atoms with Gasteiger partial charge in [0.2, 0.25) is 0 Å². The molecule has 0 saturated heterocycles. The predicted octanol–water partition coefficient (Wildman–Crippen LogP) is 9.37. The third-order valence-corrected chi connectivity index (χ3v) is 7.57. The van der Waals surface area contributed by atoms with Gasteiger partial charge in [-0.3, -0.25) is 4.57 Å². The first-order valence-electron chi connectivity index (χ1n) is 13.9. The summed E-state index contributed by atoms with van der Waals surface area (Å²) in [5.41, 5.74) is 8.16. The van der Waals surface area contributed by atoms with Crippen LogP contribution in [0.1, 0.15) is 50.7 Å². The number of fused-ring (bicyclic) bond motifs is 1. The van der Waals surface area contributed by atoms with Crippen molar-refractivity contribution in [3.05, 3.63) is 121 Å². The van der Waals surface area contributed by atoms with Gasteiger partial charge in [0.15, 0.2) is 0 Å². The van der Waals surface area contributed by atoms with Crippen molar-refractivity contribution in [1.29, 1.82) is 0 Å². The van der Waals surface area contributed by atoms with Crippen LogP contribution in [0.25, 0.3) is 50.4 Å². The molecule has 0 bridgehead atoms. The van der Waals surface area contributed by atoms with Crippen molar-refractivity contribution in [1.82, 2.24) is 14.5 Å². The van der Waals surface area contributed by atoms with Crippen molar-refractivity contribution in [3.63, 3.8) is 0 Å². The molecule has 0 spiro atoms. The minimum Gasteiger partial charge on any atom is -0.507 e. The Labute approximate surface area is 235 Å². The Balaban J connectivity index is 1.43. The van der Waals surface area contributed by atoms with Gasteiger partial charge in [-0.25, -0.2) is 9.97 Å². The number of rotatable bonds is 6. The van der Waals surface area contributed by atoms with Crippen LogP contribution in [0.2, 0.25) is 0 Å². The van der Waals surface area contributed by atoms with E-state index < -0.39 is 0 Å². The molecule has 0 unspecified atom stereocenters. The standard InChI is InChI=1S/C36H33N3O/c1-23(2)28-14-8-15-29(24(3)4)34(28)39-21-20-37-36(39)27-12-7-11-26(22-27)32-16-9-17-33(38-32)31-19-18-25-10-5-6-13-30(25)35(31)40/h5-24,40H,1-4H3. The first-order chi connectivity index (χ1) is 19.4. The maximum Gasteiger partial charge on any atom is 0.144 e. The van der Waals surface area contributed by atoms with E-state index in [2.05, 4.69) is 80.9 Å². The molecule has 0 aliphatic rings. The maximum absolute atomic E-state index is 11.0. The number of para-hydroxylation sites is 1. The highest BCUT2D eigenvalue weighted by atomic mass is 16.3. The summed E-state index contributed by atoms with van der Waals surface area (Å²) in [6.07, 6.45) is 3.95. The van der Waals surface area contributed by atoms with Gasteiger partial charge in [-0.15, -0.1) is 0 Å². The summed E-state index contributed by atoms with van der Waals surface area (Å²) in [7, 11) is 0. The topological polar surface area (TPSA) is 50.9 Å². The number of imidazole rings is 1. The second kappa shape index (κ2) is 10.5. The van der Waals surface area contributed by atoms with Crippen LogP contribution in [0.5, 0.6) is 5.75 Å². The molecule has 0 saturated carbocycles. The van der Waals surface area contributed by atoms with Crippen LogP contribution in [0, 0.1) is 0 Å². The van der Waals surface area contributed by atoms with E-state index in [4.69, 9.17) is 9.97 Å². The zero-order valence-corrected chi connectivity index (χ0v) is 23.3. The van der Waals surface area contributed by atoms with E-state index in [1.165, 1.54) is 16.8 Å². The van der Waals surface area contributed by atoms with Crippen molar-refractivity contribution >= 4 is 10.8 Å².